The summed E-state index contributed by atoms with van der Waals surface area (Å²) in [4.78, 5) is 22.2. The number of allylic oxidation sites excluding steroid dienone is 1. The summed E-state index contributed by atoms with van der Waals surface area (Å²) < 4.78 is 0. The predicted molar refractivity (Wildman–Crippen MR) is 76.5 cm³/mol. The van der Waals surface area contributed by atoms with E-state index in [4.69, 9.17) is 5.11 Å². The van der Waals surface area contributed by atoms with Crippen LogP contribution in [0.1, 0.15) is 31.2 Å². The molecule has 0 aromatic heterocycles. The summed E-state index contributed by atoms with van der Waals surface area (Å²) in [7, 11) is 0. The number of hydrogen-bond donors (Lipinski definition) is 3. The molecular formula is C15H18N2O3. The van der Waals surface area contributed by atoms with Crippen molar-refractivity contribution in [2.45, 2.75) is 32.1 Å². The number of carbonyl (C=O) groups is 2. The first-order valence-corrected chi connectivity index (χ1v) is 6.69. The number of aliphatic carboxylic acids is 1. The molecule has 0 spiro atoms. The van der Waals surface area contributed by atoms with Crippen molar-refractivity contribution in [3.8, 4) is 0 Å². The number of hydrogen-bond acceptors (Lipinski definition) is 2. The minimum absolute atomic E-state index is 0.0153. The van der Waals surface area contributed by atoms with Crippen LogP contribution in [-0.4, -0.2) is 17.1 Å². The van der Waals surface area contributed by atoms with Crippen LogP contribution in [0.4, 0.5) is 10.5 Å². The zero-order valence-electron chi connectivity index (χ0n) is 11.2. The van der Waals surface area contributed by atoms with Crippen LogP contribution in [0.15, 0.2) is 36.0 Å². The molecule has 2 amide bonds. The molecule has 2 rings (SSSR count). The fourth-order valence-electron chi connectivity index (χ4n) is 2.19. The number of carboxylic acid groups (broad SMARTS) is 1. The first-order chi connectivity index (χ1) is 9.63. The van der Waals surface area contributed by atoms with E-state index in [9.17, 15) is 9.59 Å². The van der Waals surface area contributed by atoms with Gasteiger partial charge in [0.15, 0.2) is 0 Å². The Morgan fingerprint density at radius 1 is 1.15 bits per heavy atom. The third kappa shape index (κ3) is 4.42. The Hall–Kier alpha value is -2.30. The number of urea groups is 1. The summed E-state index contributed by atoms with van der Waals surface area (Å²) in [5.74, 6) is -0.869. The summed E-state index contributed by atoms with van der Waals surface area (Å²) in [5.41, 5.74) is 2.62. The zero-order valence-corrected chi connectivity index (χ0v) is 11.2. The molecule has 0 saturated heterocycles. The maximum atomic E-state index is 11.7. The van der Waals surface area contributed by atoms with Crippen LogP contribution >= 0.6 is 0 Å². The van der Waals surface area contributed by atoms with Crippen LogP contribution in [0.25, 0.3) is 0 Å². The molecule has 1 saturated carbocycles. The lowest BCUT2D eigenvalue weighted by molar-refractivity contribution is -0.136. The van der Waals surface area contributed by atoms with Gasteiger partial charge in [0, 0.05) is 11.9 Å². The van der Waals surface area contributed by atoms with Crippen LogP contribution in [0.5, 0.6) is 0 Å². The molecule has 0 bridgehead atoms. The van der Waals surface area contributed by atoms with Crippen molar-refractivity contribution < 1.29 is 14.7 Å². The predicted octanol–water partition coefficient (Wildman–Crippen LogP) is 2.89. The second-order valence-corrected chi connectivity index (χ2v) is 4.88. The summed E-state index contributed by atoms with van der Waals surface area (Å²) >= 11 is 0. The normalized spacial score (nSPS) is 13.9. The van der Waals surface area contributed by atoms with Gasteiger partial charge in [-0.1, -0.05) is 17.7 Å². The lowest BCUT2D eigenvalue weighted by Gasteiger charge is -2.06. The minimum Gasteiger partial charge on any atom is -0.481 e. The largest absolute Gasteiger partial charge is 0.481 e. The molecule has 0 unspecified atom stereocenters. The fourth-order valence-corrected chi connectivity index (χ4v) is 2.19. The molecule has 0 radical (unpaired) electrons. The highest BCUT2D eigenvalue weighted by atomic mass is 16.4. The van der Waals surface area contributed by atoms with E-state index in [2.05, 4.69) is 10.6 Å². The van der Waals surface area contributed by atoms with Gasteiger partial charge in [0.1, 0.15) is 0 Å². The topological polar surface area (TPSA) is 78.4 Å². The van der Waals surface area contributed by atoms with Crippen molar-refractivity contribution in [3.63, 3.8) is 0 Å². The minimum atomic E-state index is -0.869. The zero-order chi connectivity index (χ0) is 14.4. The van der Waals surface area contributed by atoms with Gasteiger partial charge in [-0.15, -0.1) is 0 Å². The van der Waals surface area contributed by atoms with E-state index >= 15 is 0 Å². The van der Waals surface area contributed by atoms with Crippen molar-refractivity contribution in [3.05, 3.63) is 41.6 Å². The van der Waals surface area contributed by atoms with Gasteiger partial charge >= 0.3 is 12.0 Å². The van der Waals surface area contributed by atoms with E-state index in [1.54, 1.807) is 30.5 Å². The Balaban J connectivity index is 1.84. The second-order valence-electron chi connectivity index (χ2n) is 4.88. The van der Waals surface area contributed by atoms with Crippen LogP contribution in [0.2, 0.25) is 0 Å². The second kappa shape index (κ2) is 6.75. The standard InChI is InChI=1S/C15H18N2O3/c18-14(19)9-11-5-7-13(8-6-11)17-15(20)16-10-12-3-1-2-4-12/h5-8,10H,1-4,9H2,(H,18,19)(H2,16,17,20). The number of amides is 2. The average molecular weight is 274 g/mol. The molecule has 1 aromatic carbocycles. The third-order valence-electron chi connectivity index (χ3n) is 3.22. The van der Waals surface area contributed by atoms with E-state index in [-0.39, 0.29) is 12.5 Å². The quantitative estimate of drug-likeness (QED) is 0.790. The van der Waals surface area contributed by atoms with Crippen LogP contribution in [0, 0.1) is 0 Å². The molecule has 1 fully saturated rings. The Labute approximate surface area is 117 Å². The van der Waals surface area contributed by atoms with Gasteiger partial charge in [0.2, 0.25) is 0 Å². The number of nitrogens with one attached hydrogen (secondary N) is 2. The molecule has 1 aliphatic rings. The van der Waals surface area contributed by atoms with E-state index in [0.717, 1.165) is 12.8 Å². The van der Waals surface area contributed by atoms with Crippen LogP contribution in [-0.2, 0) is 11.2 Å². The molecule has 106 valence electrons. The maximum absolute atomic E-state index is 11.7. The molecule has 0 aliphatic heterocycles. The lowest BCUT2D eigenvalue weighted by Crippen LogP contribution is -2.24. The molecule has 0 heterocycles. The van der Waals surface area contributed by atoms with Crippen molar-refractivity contribution in [2.75, 3.05) is 5.32 Å². The van der Waals surface area contributed by atoms with Crippen molar-refractivity contribution >= 4 is 17.7 Å². The van der Waals surface area contributed by atoms with Gasteiger partial charge in [-0.2, -0.15) is 0 Å². The highest BCUT2D eigenvalue weighted by Crippen LogP contribution is 2.22. The number of benzene rings is 1. The monoisotopic (exact) mass is 274 g/mol. The fraction of sp³-hybridized carbons (Fsp3) is 0.333. The van der Waals surface area contributed by atoms with Crippen molar-refractivity contribution in [1.29, 1.82) is 0 Å². The van der Waals surface area contributed by atoms with Crippen LogP contribution in [0.3, 0.4) is 0 Å². The van der Waals surface area contributed by atoms with E-state index in [0.29, 0.717) is 11.3 Å². The molecular weight excluding hydrogens is 256 g/mol. The highest BCUT2D eigenvalue weighted by Gasteiger charge is 2.07. The van der Waals surface area contributed by atoms with Gasteiger partial charge in [-0.05, 0) is 43.4 Å². The Kier molecular flexibility index (Phi) is 4.76. The Morgan fingerprint density at radius 2 is 1.80 bits per heavy atom. The van der Waals surface area contributed by atoms with E-state index in [1.165, 1.54) is 18.4 Å². The van der Waals surface area contributed by atoms with E-state index in [1.807, 2.05) is 0 Å². The summed E-state index contributed by atoms with van der Waals surface area (Å²) in [5, 5.41) is 14.1. The average Bonchev–Trinajstić information content (AvgIpc) is 2.91. The third-order valence-corrected chi connectivity index (χ3v) is 3.22. The molecule has 0 atom stereocenters. The molecule has 5 nitrogen and oxygen atoms in total. The van der Waals surface area contributed by atoms with Crippen molar-refractivity contribution in [2.24, 2.45) is 0 Å². The van der Waals surface area contributed by atoms with Gasteiger partial charge in [0.05, 0.1) is 6.42 Å². The Morgan fingerprint density at radius 3 is 2.40 bits per heavy atom. The van der Waals surface area contributed by atoms with Gasteiger partial charge < -0.3 is 15.7 Å². The highest BCUT2D eigenvalue weighted by molar-refractivity contribution is 5.89. The lowest BCUT2D eigenvalue weighted by atomic mass is 10.1. The summed E-state index contributed by atoms with van der Waals surface area (Å²) in [6.07, 6.45) is 6.27. The van der Waals surface area contributed by atoms with E-state index < -0.39 is 5.97 Å². The van der Waals surface area contributed by atoms with Gasteiger partial charge in [0.25, 0.3) is 0 Å². The smallest absolute Gasteiger partial charge is 0.323 e. The maximum Gasteiger partial charge on any atom is 0.323 e. The van der Waals surface area contributed by atoms with Crippen LogP contribution < -0.4 is 10.6 Å². The van der Waals surface area contributed by atoms with Gasteiger partial charge in [-0.3, -0.25) is 4.79 Å². The first kappa shape index (κ1) is 14.1. The summed E-state index contributed by atoms with van der Waals surface area (Å²) in [6, 6.07) is 6.50. The molecule has 3 N–H and O–H groups in total. The summed E-state index contributed by atoms with van der Waals surface area (Å²) in [6.45, 7) is 0. The number of rotatable bonds is 4. The number of anilines is 1. The SMILES string of the molecule is O=C(O)Cc1ccc(NC(=O)NC=C2CCCC2)cc1. The Bertz CT molecular complexity index is 512. The molecule has 1 aromatic rings. The molecule has 20 heavy (non-hydrogen) atoms. The van der Waals surface area contributed by atoms with Gasteiger partial charge in [-0.25, -0.2) is 4.79 Å². The first-order valence-electron chi connectivity index (χ1n) is 6.69. The molecule has 1 aliphatic carbocycles. The molecule has 5 heteroatoms. The number of carbonyl (C=O) groups excluding carboxylic acids is 1. The van der Waals surface area contributed by atoms with Crippen molar-refractivity contribution in [1.82, 2.24) is 5.32 Å². The number of carboxylic acids is 1.